The number of nitrogens with zero attached hydrogens (tertiary/aromatic N) is 2. The van der Waals surface area contributed by atoms with Gasteiger partial charge in [-0.25, -0.2) is 8.42 Å². The van der Waals surface area contributed by atoms with Gasteiger partial charge < -0.3 is 15.0 Å². The molecule has 2 aromatic rings. The van der Waals surface area contributed by atoms with Crippen LogP contribution in [0.3, 0.4) is 0 Å². The van der Waals surface area contributed by atoms with Gasteiger partial charge in [0.1, 0.15) is 18.3 Å². The van der Waals surface area contributed by atoms with E-state index >= 15 is 0 Å². The van der Waals surface area contributed by atoms with Crippen molar-refractivity contribution in [1.82, 2.24) is 10.2 Å². The second kappa shape index (κ2) is 11.2. The fraction of sp³-hybridized carbons (Fsp3) is 0.364. The third-order valence-electron chi connectivity index (χ3n) is 4.86. The molecule has 0 aliphatic carbocycles. The molecule has 2 amide bonds. The smallest absolute Gasteiger partial charge is 0.244 e. The normalized spacial score (nSPS) is 12.0. The monoisotopic (exact) mass is 481 g/mol. The summed E-state index contributed by atoms with van der Waals surface area (Å²) in [5.41, 5.74) is 0.957. The molecule has 32 heavy (non-hydrogen) atoms. The van der Waals surface area contributed by atoms with Gasteiger partial charge in [0.15, 0.2) is 0 Å². The van der Waals surface area contributed by atoms with Gasteiger partial charge in [-0.3, -0.25) is 13.9 Å². The Kier molecular flexibility index (Phi) is 8.91. The van der Waals surface area contributed by atoms with Crippen molar-refractivity contribution in [2.75, 3.05) is 30.8 Å². The summed E-state index contributed by atoms with van der Waals surface area (Å²) < 4.78 is 31.1. The Morgan fingerprint density at radius 2 is 1.75 bits per heavy atom. The lowest BCUT2D eigenvalue weighted by molar-refractivity contribution is -0.139. The van der Waals surface area contributed by atoms with Crippen molar-refractivity contribution in [2.24, 2.45) is 0 Å². The highest BCUT2D eigenvalue weighted by Gasteiger charge is 2.30. The van der Waals surface area contributed by atoms with Gasteiger partial charge in [0, 0.05) is 18.1 Å². The van der Waals surface area contributed by atoms with Crippen LogP contribution in [0.15, 0.2) is 48.5 Å². The summed E-state index contributed by atoms with van der Waals surface area (Å²) in [5, 5.41) is 3.15. The molecule has 174 valence electrons. The van der Waals surface area contributed by atoms with Crippen LogP contribution in [0, 0.1) is 0 Å². The maximum absolute atomic E-state index is 13.3. The standard InChI is InChI=1S/C22H28ClN3O5S/c1-5-24-22(28)16(2)25(14-17-8-6-7-9-20(17)23)21(27)15-26(32(4,29)30)18-10-12-19(31-3)13-11-18/h6-13,16H,5,14-15H2,1-4H3,(H,24,28)/t16-/m0/s1. The quantitative estimate of drug-likeness (QED) is 0.562. The van der Waals surface area contributed by atoms with Crippen molar-refractivity contribution in [2.45, 2.75) is 26.4 Å². The van der Waals surface area contributed by atoms with Crippen LogP contribution < -0.4 is 14.4 Å². The number of likely N-dealkylation sites (N-methyl/N-ethyl adjacent to an activating group) is 1. The zero-order valence-electron chi connectivity index (χ0n) is 18.5. The number of benzene rings is 2. The number of amides is 2. The lowest BCUT2D eigenvalue weighted by Gasteiger charge is -2.31. The van der Waals surface area contributed by atoms with Crippen LogP contribution in [0.2, 0.25) is 5.02 Å². The molecule has 1 N–H and O–H groups in total. The minimum absolute atomic E-state index is 0.0526. The number of hydrogen-bond acceptors (Lipinski definition) is 5. The number of nitrogens with one attached hydrogen (secondary N) is 1. The SMILES string of the molecule is CCNC(=O)[C@H](C)N(Cc1ccccc1Cl)C(=O)CN(c1ccc(OC)cc1)S(C)(=O)=O. The van der Waals surface area contributed by atoms with Crippen LogP contribution in [0.25, 0.3) is 0 Å². The molecular weight excluding hydrogens is 454 g/mol. The average molecular weight is 482 g/mol. The molecule has 1 atom stereocenters. The van der Waals surface area contributed by atoms with Crippen LogP contribution >= 0.6 is 11.6 Å². The largest absolute Gasteiger partial charge is 0.497 e. The van der Waals surface area contributed by atoms with Gasteiger partial charge in [-0.2, -0.15) is 0 Å². The Hall–Kier alpha value is -2.78. The summed E-state index contributed by atoms with van der Waals surface area (Å²) in [6.45, 7) is 3.35. The van der Waals surface area contributed by atoms with Crippen molar-refractivity contribution in [3.8, 4) is 5.75 Å². The van der Waals surface area contributed by atoms with Crippen molar-refractivity contribution < 1.29 is 22.7 Å². The van der Waals surface area contributed by atoms with Gasteiger partial charge in [-0.1, -0.05) is 29.8 Å². The molecule has 0 spiro atoms. The molecule has 2 aromatic carbocycles. The molecule has 0 radical (unpaired) electrons. The molecule has 0 aromatic heterocycles. The van der Waals surface area contributed by atoms with Crippen LogP contribution in [-0.4, -0.2) is 57.6 Å². The predicted octanol–water partition coefficient (Wildman–Crippen LogP) is 2.67. The van der Waals surface area contributed by atoms with E-state index in [1.165, 1.54) is 12.0 Å². The Bertz CT molecular complexity index is 1040. The molecule has 0 unspecified atom stereocenters. The number of anilines is 1. The first-order valence-corrected chi connectivity index (χ1v) is 12.2. The zero-order chi connectivity index (χ0) is 23.9. The number of hydrogen-bond donors (Lipinski definition) is 1. The van der Waals surface area contributed by atoms with Crippen LogP contribution in [0.1, 0.15) is 19.4 Å². The van der Waals surface area contributed by atoms with E-state index in [4.69, 9.17) is 16.3 Å². The molecule has 0 aliphatic heterocycles. The predicted molar refractivity (Wildman–Crippen MR) is 125 cm³/mol. The zero-order valence-corrected chi connectivity index (χ0v) is 20.1. The maximum Gasteiger partial charge on any atom is 0.244 e. The van der Waals surface area contributed by atoms with E-state index in [1.807, 2.05) is 0 Å². The van der Waals surface area contributed by atoms with Crippen LogP contribution in [-0.2, 0) is 26.2 Å². The molecule has 0 heterocycles. The number of methoxy groups -OCH3 is 1. The van der Waals surface area contributed by atoms with Crippen LogP contribution in [0.4, 0.5) is 5.69 Å². The molecule has 0 fully saturated rings. The first-order chi connectivity index (χ1) is 15.1. The molecular formula is C22H28ClN3O5S. The molecule has 8 nitrogen and oxygen atoms in total. The number of carbonyl (C=O) groups excluding carboxylic acids is 2. The fourth-order valence-electron chi connectivity index (χ4n) is 3.08. The van der Waals surface area contributed by atoms with E-state index in [0.717, 1.165) is 10.6 Å². The Labute approximate surface area is 194 Å². The minimum atomic E-state index is -3.78. The van der Waals surface area contributed by atoms with Gasteiger partial charge in [0.25, 0.3) is 0 Å². The summed E-state index contributed by atoms with van der Waals surface area (Å²) in [6, 6.07) is 12.5. The van der Waals surface area contributed by atoms with Gasteiger partial charge in [0.05, 0.1) is 19.1 Å². The highest BCUT2D eigenvalue weighted by atomic mass is 35.5. The lowest BCUT2D eigenvalue weighted by atomic mass is 10.1. The van der Waals surface area contributed by atoms with E-state index in [-0.39, 0.29) is 12.5 Å². The number of carbonyl (C=O) groups is 2. The van der Waals surface area contributed by atoms with E-state index < -0.39 is 28.5 Å². The summed E-state index contributed by atoms with van der Waals surface area (Å²) in [4.78, 5) is 27.2. The third kappa shape index (κ3) is 6.61. The highest BCUT2D eigenvalue weighted by molar-refractivity contribution is 7.92. The summed E-state index contributed by atoms with van der Waals surface area (Å²) in [7, 11) is -2.28. The van der Waals surface area contributed by atoms with Crippen LogP contribution in [0.5, 0.6) is 5.75 Å². The second-order valence-electron chi connectivity index (χ2n) is 7.15. The molecule has 0 saturated carbocycles. The van der Waals surface area contributed by atoms with Crippen molar-refractivity contribution in [3.63, 3.8) is 0 Å². The molecule has 0 saturated heterocycles. The Morgan fingerprint density at radius 3 is 2.28 bits per heavy atom. The molecule has 10 heteroatoms. The van der Waals surface area contributed by atoms with Gasteiger partial charge in [0.2, 0.25) is 21.8 Å². The van der Waals surface area contributed by atoms with Crippen molar-refractivity contribution in [3.05, 3.63) is 59.1 Å². The highest BCUT2D eigenvalue weighted by Crippen LogP contribution is 2.23. The first kappa shape index (κ1) is 25.5. The molecule has 0 bridgehead atoms. The Balaban J connectivity index is 2.38. The Morgan fingerprint density at radius 1 is 1.12 bits per heavy atom. The maximum atomic E-state index is 13.3. The van der Waals surface area contributed by atoms with E-state index in [2.05, 4.69) is 5.32 Å². The second-order valence-corrected chi connectivity index (χ2v) is 9.47. The van der Waals surface area contributed by atoms with E-state index in [9.17, 15) is 18.0 Å². The summed E-state index contributed by atoms with van der Waals surface area (Å²) >= 11 is 6.26. The van der Waals surface area contributed by atoms with Gasteiger partial charge in [-0.05, 0) is 49.7 Å². The number of rotatable bonds is 10. The van der Waals surface area contributed by atoms with E-state index in [1.54, 1.807) is 62.4 Å². The minimum Gasteiger partial charge on any atom is -0.497 e. The van der Waals surface area contributed by atoms with Crippen molar-refractivity contribution >= 4 is 39.1 Å². The molecule has 2 rings (SSSR count). The average Bonchev–Trinajstić information content (AvgIpc) is 2.75. The topological polar surface area (TPSA) is 96.0 Å². The number of ether oxygens (including phenoxy) is 1. The third-order valence-corrected chi connectivity index (χ3v) is 6.37. The fourth-order valence-corrected chi connectivity index (χ4v) is 4.12. The number of sulfonamides is 1. The summed E-state index contributed by atoms with van der Waals surface area (Å²) in [6.07, 6.45) is 1.02. The lowest BCUT2D eigenvalue weighted by Crippen LogP contribution is -2.51. The molecule has 0 aliphatic rings. The van der Waals surface area contributed by atoms with Crippen molar-refractivity contribution in [1.29, 1.82) is 0 Å². The van der Waals surface area contributed by atoms with Gasteiger partial charge in [-0.15, -0.1) is 0 Å². The summed E-state index contributed by atoms with van der Waals surface area (Å²) in [5.74, 6) is -0.327. The first-order valence-electron chi connectivity index (χ1n) is 10.0. The number of halogens is 1. The van der Waals surface area contributed by atoms with E-state index in [0.29, 0.717) is 28.6 Å². The van der Waals surface area contributed by atoms with Gasteiger partial charge >= 0.3 is 0 Å².